The van der Waals surface area contributed by atoms with Crippen molar-refractivity contribution < 1.29 is 9.53 Å². The zero-order valence-corrected chi connectivity index (χ0v) is 13.6. The van der Waals surface area contributed by atoms with E-state index in [0.717, 1.165) is 47.6 Å². The van der Waals surface area contributed by atoms with E-state index in [1.165, 1.54) is 5.56 Å². The number of carbonyl (C=O) groups is 1. The third kappa shape index (κ3) is 2.75. The average Bonchev–Trinajstić information content (AvgIpc) is 3.07. The smallest absolute Gasteiger partial charge is 0.231 e. The van der Waals surface area contributed by atoms with Crippen molar-refractivity contribution in [3.63, 3.8) is 0 Å². The van der Waals surface area contributed by atoms with E-state index >= 15 is 0 Å². The number of anilines is 1. The molecule has 1 aliphatic heterocycles. The van der Waals surface area contributed by atoms with E-state index in [-0.39, 0.29) is 17.9 Å². The molecule has 22 heavy (non-hydrogen) atoms. The lowest BCUT2D eigenvalue weighted by atomic mass is 10.2. The Kier molecular flexibility index (Phi) is 3.62. The minimum atomic E-state index is 0.163. The number of amides is 1. The van der Waals surface area contributed by atoms with Gasteiger partial charge in [0.2, 0.25) is 5.91 Å². The molecule has 1 atom stereocenters. The molecule has 2 aliphatic rings. The Bertz CT molecular complexity index is 702. The van der Waals surface area contributed by atoms with E-state index in [0.29, 0.717) is 6.54 Å². The molecule has 1 unspecified atom stereocenters. The molecule has 0 bridgehead atoms. The van der Waals surface area contributed by atoms with Crippen LogP contribution in [0.2, 0.25) is 0 Å². The van der Waals surface area contributed by atoms with Crippen LogP contribution in [-0.2, 0) is 9.53 Å². The highest BCUT2D eigenvalue weighted by Crippen LogP contribution is 2.36. The monoisotopic (exact) mass is 316 g/mol. The zero-order chi connectivity index (χ0) is 15.1. The number of hydrogen-bond acceptors (Lipinski definition) is 4. The maximum atomic E-state index is 12.7. The first kappa shape index (κ1) is 14.2. The lowest BCUT2D eigenvalue weighted by Crippen LogP contribution is -2.38. The van der Waals surface area contributed by atoms with Crippen LogP contribution in [0.3, 0.4) is 0 Å². The molecule has 4 nitrogen and oxygen atoms in total. The molecule has 1 saturated carbocycles. The van der Waals surface area contributed by atoms with Crippen LogP contribution in [0.4, 0.5) is 5.13 Å². The Hall–Kier alpha value is -1.46. The second-order valence-corrected chi connectivity index (χ2v) is 7.33. The fraction of sp³-hybridized carbons (Fsp3) is 0.529. The van der Waals surface area contributed by atoms with Crippen molar-refractivity contribution in [3.8, 4) is 0 Å². The van der Waals surface area contributed by atoms with Gasteiger partial charge in [-0.1, -0.05) is 17.4 Å². The van der Waals surface area contributed by atoms with Gasteiger partial charge in [-0.3, -0.25) is 9.69 Å². The normalized spacial score (nSPS) is 21.4. The molecule has 1 amide bonds. The van der Waals surface area contributed by atoms with E-state index in [4.69, 9.17) is 9.72 Å². The summed E-state index contributed by atoms with van der Waals surface area (Å²) < 4.78 is 6.88. The van der Waals surface area contributed by atoms with E-state index in [1.807, 2.05) is 11.0 Å². The quantitative estimate of drug-likeness (QED) is 0.866. The SMILES string of the molecule is Cc1ccc2nc(N(CC3CCCO3)C(=O)C3CC3)sc2c1. The van der Waals surface area contributed by atoms with Crippen molar-refractivity contribution in [1.82, 2.24) is 4.98 Å². The first-order valence-electron chi connectivity index (χ1n) is 8.01. The highest BCUT2D eigenvalue weighted by atomic mass is 32.1. The van der Waals surface area contributed by atoms with Crippen molar-refractivity contribution in [2.75, 3.05) is 18.1 Å². The van der Waals surface area contributed by atoms with Crippen LogP contribution in [0.1, 0.15) is 31.2 Å². The molecule has 2 heterocycles. The van der Waals surface area contributed by atoms with E-state index in [1.54, 1.807) is 11.3 Å². The number of thiazole rings is 1. The number of hydrogen-bond donors (Lipinski definition) is 0. The Morgan fingerprint density at radius 3 is 3.00 bits per heavy atom. The van der Waals surface area contributed by atoms with E-state index < -0.39 is 0 Å². The summed E-state index contributed by atoms with van der Waals surface area (Å²) >= 11 is 1.61. The van der Waals surface area contributed by atoms with Crippen LogP contribution >= 0.6 is 11.3 Å². The summed E-state index contributed by atoms with van der Waals surface area (Å²) in [4.78, 5) is 19.3. The molecule has 2 aromatic rings. The Morgan fingerprint density at radius 2 is 2.27 bits per heavy atom. The first-order valence-corrected chi connectivity index (χ1v) is 8.82. The van der Waals surface area contributed by atoms with Gasteiger partial charge in [-0.2, -0.15) is 0 Å². The second kappa shape index (κ2) is 5.63. The molecular formula is C17H20N2O2S. The Morgan fingerprint density at radius 1 is 1.41 bits per heavy atom. The number of aryl methyl sites for hydroxylation is 1. The van der Waals surface area contributed by atoms with Gasteiger partial charge in [-0.25, -0.2) is 4.98 Å². The molecule has 0 N–H and O–H groups in total. The summed E-state index contributed by atoms with van der Waals surface area (Å²) in [6.45, 7) is 3.54. The summed E-state index contributed by atoms with van der Waals surface area (Å²) in [6, 6.07) is 6.25. The average molecular weight is 316 g/mol. The molecule has 0 spiro atoms. The molecular weight excluding hydrogens is 296 g/mol. The lowest BCUT2D eigenvalue weighted by molar-refractivity contribution is -0.120. The van der Waals surface area contributed by atoms with Crippen molar-refractivity contribution in [3.05, 3.63) is 23.8 Å². The highest BCUT2D eigenvalue weighted by Gasteiger charge is 2.36. The summed E-state index contributed by atoms with van der Waals surface area (Å²) in [7, 11) is 0. The molecule has 1 aromatic carbocycles. The van der Waals surface area contributed by atoms with Crippen LogP contribution in [-0.4, -0.2) is 30.1 Å². The summed E-state index contributed by atoms with van der Waals surface area (Å²) in [5, 5.41) is 0.827. The molecule has 4 rings (SSSR count). The minimum absolute atomic E-state index is 0.163. The molecule has 1 aromatic heterocycles. The molecule has 2 fully saturated rings. The van der Waals surface area contributed by atoms with Gasteiger partial charge in [0.05, 0.1) is 22.9 Å². The van der Waals surface area contributed by atoms with Crippen molar-refractivity contribution in [2.45, 2.75) is 38.7 Å². The van der Waals surface area contributed by atoms with Crippen LogP contribution in [0.5, 0.6) is 0 Å². The van der Waals surface area contributed by atoms with Gasteiger partial charge in [-0.15, -0.1) is 0 Å². The van der Waals surface area contributed by atoms with Gasteiger partial charge >= 0.3 is 0 Å². The molecule has 5 heteroatoms. The van der Waals surface area contributed by atoms with Crippen molar-refractivity contribution in [1.29, 1.82) is 0 Å². The number of fused-ring (bicyclic) bond motifs is 1. The van der Waals surface area contributed by atoms with Crippen LogP contribution in [0, 0.1) is 12.8 Å². The van der Waals surface area contributed by atoms with Gasteiger partial charge in [0.25, 0.3) is 0 Å². The Balaban J connectivity index is 1.65. The van der Waals surface area contributed by atoms with Crippen LogP contribution in [0.15, 0.2) is 18.2 Å². The second-order valence-electron chi connectivity index (χ2n) is 6.33. The molecule has 0 radical (unpaired) electrons. The minimum Gasteiger partial charge on any atom is -0.376 e. The van der Waals surface area contributed by atoms with Crippen LogP contribution < -0.4 is 4.90 Å². The highest BCUT2D eigenvalue weighted by molar-refractivity contribution is 7.22. The number of ether oxygens (including phenoxy) is 1. The first-order chi connectivity index (χ1) is 10.7. The van der Waals surface area contributed by atoms with Crippen LogP contribution in [0.25, 0.3) is 10.2 Å². The fourth-order valence-corrected chi connectivity index (χ4v) is 4.02. The predicted octanol–water partition coefficient (Wildman–Crippen LogP) is 3.53. The third-order valence-corrected chi connectivity index (χ3v) is 5.41. The summed E-state index contributed by atoms with van der Waals surface area (Å²) in [5.74, 6) is 0.432. The largest absolute Gasteiger partial charge is 0.376 e. The maximum absolute atomic E-state index is 12.7. The molecule has 116 valence electrons. The maximum Gasteiger partial charge on any atom is 0.231 e. The fourth-order valence-electron chi connectivity index (χ4n) is 2.94. The topological polar surface area (TPSA) is 42.4 Å². The molecule has 1 aliphatic carbocycles. The lowest BCUT2D eigenvalue weighted by Gasteiger charge is -2.22. The third-order valence-electron chi connectivity index (χ3n) is 4.37. The summed E-state index contributed by atoms with van der Waals surface area (Å²) in [5.41, 5.74) is 2.20. The Labute approximate surface area is 134 Å². The number of aromatic nitrogens is 1. The van der Waals surface area contributed by atoms with Gasteiger partial charge < -0.3 is 4.74 Å². The number of rotatable bonds is 4. The standard InChI is InChI=1S/C17H20N2O2S/c1-11-4-7-14-15(9-11)22-17(18-14)19(16(20)12-5-6-12)10-13-3-2-8-21-13/h4,7,9,12-13H,2-3,5-6,8,10H2,1H3. The zero-order valence-electron chi connectivity index (χ0n) is 12.7. The van der Waals surface area contributed by atoms with Gasteiger partial charge in [0, 0.05) is 12.5 Å². The molecule has 1 saturated heterocycles. The van der Waals surface area contributed by atoms with Gasteiger partial charge in [0.1, 0.15) is 0 Å². The van der Waals surface area contributed by atoms with Crippen molar-refractivity contribution >= 4 is 32.6 Å². The summed E-state index contributed by atoms with van der Waals surface area (Å²) in [6.07, 6.45) is 4.33. The van der Waals surface area contributed by atoms with Gasteiger partial charge in [0.15, 0.2) is 5.13 Å². The van der Waals surface area contributed by atoms with E-state index in [9.17, 15) is 4.79 Å². The van der Waals surface area contributed by atoms with Crippen molar-refractivity contribution in [2.24, 2.45) is 5.92 Å². The van der Waals surface area contributed by atoms with Gasteiger partial charge in [-0.05, 0) is 50.3 Å². The number of carbonyl (C=O) groups excluding carboxylic acids is 1. The number of benzene rings is 1. The predicted molar refractivity (Wildman–Crippen MR) is 88.4 cm³/mol. The van der Waals surface area contributed by atoms with E-state index in [2.05, 4.69) is 19.1 Å². The number of nitrogens with zero attached hydrogens (tertiary/aromatic N) is 2.